The van der Waals surface area contributed by atoms with Crippen molar-refractivity contribution in [2.24, 2.45) is 0 Å². The molecule has 126 valence electrons. The van der Waals surface area contributed by atoms with Gasteiger partial charge in [-0.2, -0.15) is 4.98 Å². The first-order valence-electron chi connectivity index (χ1n) is 7.65. The van der Waals surface area contributed by atoms with Crippen molar-refractivity contribution >= 4 is 5.82 Å². The van der Waals surface area contributed by atoms with Crippen LogP contribution >= 0.6 is 0 Å². The summed E-state index contributed by atoms with van der Waals surface area (Å²) in [5.41, 5.74) is 1.83. The van der Waals surface area contributed by atoms with Crippen LogP contribution in [0, 0.1) is 6.92 Å². The molecule has 1 N–H and O–H groups in total. The summed E-state index contributed by atoms with van der Waals surface area (Å²) >= 11 is 0. The fourth-order valence-electron chi connectivity index (χ4n) is 2.26. The Morgan fingerprint density at radius 2 is 2.12 bits per heavy atom. The summed E-state index contributed by atoms with van der Waals surface area (Å²) in [6, 6.07) is 3.84. The molecular weight excluding hydrogens is 308 g/mol. The maximum Gasteiger partial charge on any atom is 0.259 e. The molecule has 24 heavy (non-hydrogen) atoms. The number of nitrogens with zero attached hydrogens (tertiary/aromatic N) is 5. The smallest absolute Gasteiger partial charge is 0.259 e. The van der Waals surface area contributed by atoms with Gasteiger partial charge in [0.15, 0.2) is 5.82 Å². The normalized spacial score (nSPS) is 11.0. The summed E-state index contributed by atoms with van der Waals surface area (Å²) in [5, 5.41) is 3.93. The number of hydrogen-bond donors (Lipinski definition) is 1. The fraction of sp³-hybridized carbons (Fsp3) is 0.375. The maximum atomic E-state index is 5.26. The number of H-pyrrole nitrogens is 1. The number of imidazole rings is 1. The van der Waals surface area contributed by atoms with Gasteiger partial charge >= 0.3 is 0 Å². The second-order valence-electron chi connectivity index (χ2n) is 5.53. The molecule has 0 spiro atoms. The Balaban J connectivity index is 1.67. The molecule has 0 aliphatic carbocycles. The maximum absolute atomic E-state index is 5.26. The van der Waals surface area contributed by atoms with Crippen LogP contribution < -0.4 is 4.90 Å². The third kappa shape index (κ3) is 3.77. The molecule has 8 heteroatoms. The van der Waals surface area contributed by atoms with Crippen LogP contribution in [-0.4, -0.2) is 45.9 Å². The number of hydrogen-bond acceptors (Lipinski definition) is 7. The van der Waals surface area contributed by atoms with Crippen LogP contribution in [0.2, 0.25) is 0 Å². The number of aromatic nitrogens is 5. The van der Waals surface area contributed by atoms with E-state index in [9.17, 15) is 0 Å². The lowest BCUT2D eigenvalue weighted by Gasteiger charge is -2.16. The molecule has 3 heterocycles. The Morgan fingerprint density at radius 3 is 2.79 bits per heavy atom. The first-order valence-corrected chi connectivity index (χ1v) is 7.65. The van der Waals surface area contributed by atoms with Crippen LogP contribution in [0.3, 0.4) is 0 Å². The van der Waals surface area contributed by atoms with Crippen LogP contribution in [-0.2, 0) is 17.7 Å². The largest absolute Gasteiger partial charge is 0.384 e. The highest BCUT2D eigenvalue weighted by Gasteiger charge is 2.11. The fourth-order valence-corrected chi connectivity index (χ4v) is 2.26. The van der Waals surface area contributed by atoms with Gasteiger partial charge in [-0.05, 0) is 19.1 Å². The van der Waals surface area contributed by atoms with Gasteiger partial charge in [-0.1, -0.05) is 5.16 Å². The first kappa shape index (κ1) is 16.1. The van der Waals surface area contributed by atoms with Gasteiger partial charge in [-0.3, -0.25) is 0 Å². The molecule has 0 aliphatic rings. The zero-order valence-corrected chi connectivity index (χ0v) is 14.0. The lowest BCUT2D eigenvalue weighted by molar-refractivity contribution is 0.199. The molecule has 8 nitrogen and oxygen atoms in total. The van der Waals surface area contributed by atoms with Crippen LogP contribution in [0.1, 0.15) is 17.3 Å². The van der Waals surface area contributed by atoms with Crippen molar-refractivity contribution < 1.29 is 9.26 Å². The molecule has 0 radical (unpaired) electrons. The second kappa shape index (κ2) is 7.22. The standard InChI is InChI=1S/C16H20N6O2/c1-11-8-17-14(19-11)10-22(2)15-5-4-12(9-18-15)16-20-13(21-24-16)6-7-23-3/h4-5,8-9H,6-7,10H2,1-3H3,(H,17,19). The summed E-state index contributed by atoms with van der Waals surface area (Å²) in [4.78, 5) is 18.3. The van der Waals surface area contributed by atoms with E-state index in [1.807, 2.05) is 37.2 Å². The van der Waals surface area contributed by atoms with Crippen LogP contribution in [0.25, 0.3) is 11.5 Å². The van der Waals surface area contributed by atoms with E-state index in [0.717, 1.165) is 22.9 Å². The molecule has 0 aliphatic heterocycles. The number of pyridine rings is 1. The summed E-state index contributed by atoms with van der Waals surface area (Å²) in [5.74, 6) is 2.83. The zero-order chi connectivity index (χ0) is 16.9. The summed E-state index contributed by atoms with van der Waals surface area (Å²) in [7, 11) is 3.61. The minimum atomic E-state index is 0.462. The topological polar surface area (TPSA) is 93.0 Å². The molecule has 3 aromatic rings. The molecule has 0 fully saturated rings. The van der Waals surface area contributed by atoms with Crippen molar-refractivity contribution in [3.05, 3.63) is 41.9 Å². The number of methoxy groups -OCH3 is 1. The lowest BCUT2D eigenvalue weighted by Crippen LogP contribution is -2.18. The third-order valence-corrected chi connectivity index (χ3v) is 3.53. The van der Waals surface area contributed by atoms with E-state index in [-0.39, 0.29) is 0 Å². The Morgan fingerprint density at radius 1 is 1.25 bits per heavy atom. The molecule has 3 rings (SSSR count). The molecule has 0 unspecified atom stereocenters. The SMILES string of the molecule is COCCc1noc(-c2ccc(N(C)Cc3ncc(C)[nH]3)nc2)n1. The molecule has 0 saturated carbocycles. The van der Waals surface area contributed by atoms with Crippen LogP contribution in [0.5, 0.6) is 0 Å². The van der Waals surface area contributed by atoms with Gasteiger partial charge in [0.1, 0.15) is 11.6 Å². The lowest BCUT2D eigenvalue weighted by atomic mass is 10.2. The highest BCUT2D eigenvalue weighted by molar-refractivity contribution is 5.54. The summed E-state index contributed by atoms with van der Waals surface area (Å²) in [6.45, 7) is 3.20. The van der Waals surface area contributed by atoms with Gasteiger partial charge in [0.05, 0.1) is 18.7 Å². The molecule has 0 amide bonds. The average Bonchev–Trinajstić information content (AvgIpc) is 3.22. The van der Waals surface area contributed by atoms with Gasteiger partial charge in [0.25, 0.3) is 5.89 Å². The molecule has 0 bridgehead atoms. The van der Waals surface area contributed by atoms with Crippen molar-refractivity contribution in [1.82, 2.24) is 25.1 Å². The Kier molecular flexibility index (Phi) is 4.85. The minimum Gasteiger partial charge on any atom is -0.384 e. The van der Waals surface area contributed by atoms with Crippen LogP contribution in [0.15, 0.2) is 29.0 Å². The Labute approximate surface area is 139 Å². The number of aromatic amines is 1. The van der Waals surface area contributed by atoms with Crippen molar-refractivity contribution in [3.8, 4) is 11.5 Å². The highest BCUT2D eigenvalue weighted by Crippen LogP contribution is 2.19. The molecular formula is C16H20N6O2. The van der Waals surface area contributed by atoms with Crippen molar-refractivity contribution in [2.75, 3.05) is 25.7 Å². The molecule has 3 aromatic heterocycles. The number of nitrogens with one attached hydrogen (secondary N) is 1. The molecule has 0 atom stereocenters. The van der Waals surface area contributed by atoms with E-state index in [1.165, 1.54) is 0 Å². The molecule has 0 saturated heterocycles. The van der Waals surface area contributed by atoms with E-state index in [2.05, 4.69) is 25.1 Å². The summed E-state index contributed by atoms with van der Waals surface area (Å²) < 4.78 is 10.3. The van der Waals surface area contributed by atoms with Gasteiger partial charge in [-0.25, -0.2) is 9.97 Å². The summed E-state index contributed by atoms with van der Waals surface area (Å²) in [6.07, 6.45) is 4.17. The monoisotopic (exact) mass is 328 g/mol. The minimum absolute atomic E-state index is 0.462. The first-order chi connectivity index (χ1) is 11.7. The third-order valence-electron chi connectivity index (χ3n) is 3.53. The molecule has 0 aromatic carbocycles. The van der Waals surface area contributed by atoms with Gasteiger partial charge in [-0.15, -0.1) is 0 Å². The highest BCUT2D eigenvalue weighted by atomic mass is 16.5. The predicted molar refractivity (Wildman–Crippen MR) is 88.5 cm³/mol. The Bertz CT molecular complexity index is 780. The van der Waals surface area contributed by atoms with E-state index in [1.54, 1.807) is 13.3 Å². The van der Waals surface area contributed by atoms with Gasteiger partial charge in [0.2, 0.25) is 0 Å². The zero-order valence-electron chi connectivity index (χ0n) is 14.0. The van der Waals surface area contributed by atoms with E-state index in [4.69, 9.17) is 9.26 Å². The predicted octanol–water partition coefficient (Wildman–Crippen LogP) is 1.99. The van der Waals surface area contributed by atoms with E-state index >= 15 is 0 Å². The quantitative estimate of drug-likeness (QED) is 0.709. The van der Waals surface area contributed by atoms with Crippen LogP contribution in [0.4, 0.5) is 5.82 Å². The van der Waals surface area contributed by atoms with E-state index in [0.29, 0.717) is 31.3 Å². The second-order valence-corrected chi connectivity index (χ2v) is 5.53. The van der Waals surface area contributed by atoms with E-state index < -0.39 is 0 Å². The number of aryl methyl sites for hydroxylation is 1. The Hall–Kier alpha value is -2.74. The average molecular weight is 328 g/mol. The number of rotatable bonds is 7. The number of ether oxygens (including phenoxy) is 1. The van der Waals surface area contributed by atoms with Crippen molar-refractivity contribution in [2.45, 2.75) is 19.9 Å². The van der Waals surface area contributed by atoms with Gasteiger partial charge < -0.3 is 19.1 Å². The van der Waals surface area contributed by atoms with Crippen molar-refractivity contribution in [3.63, 3.8) is 0 Å². The number of anilines is 1. The van der Waals surface area contributed by atoms with Crippen molar-refractivity contribution in [1.29, 1.82) is 0 Å². The van der Waals surface area contributed by atoms with Gasteiger partial charge in [0, 0.05) is 38.7 Å².